The Morgan fingerprint density at radius 1 is 1.47 bits per heavy atom. The summed E-state index contributed by atoms with van der Waals surface area (Å²) in [4.78, 5) is 6.36. The van der Waals surface area contributed by atoms with Crippen LogP contribution in [-0.2, 0) is 7.05 Å². The van der Waals surface area contributed by atoms with Crippen molar-refractivity contribution < 1.29 is 0 Å². The average Bonchev–Trinajstić information content (AvgIpc) is 2.86. The van der Waals surface area contributed by atoms with Gasteiger partial charge in [-0.25, -0.2) is 4.98 Å². The monoisotopic (exact) mass is 270 g/mol. The number of nitrogens with zero attached hydrogens (tertiary/aromatic N) is 4. The van der Waals surface area contributed by atoms with Gasteiger partial charge in [0, 0.05) is 24.7 Å². The first-order valence-electron chi connectivity index (χ1n) is 5.31. The van der Waals surface area contributed by atoms with E-state index in [4.69, 9.17) is 11.6 Å². The van der Waals surface area contributed by atoms with Crippen LogP contribution in [0.25, 0.3) is 10.7 Å². The Morgan fingerprint density at radius 2 is 2.18 bits per heavy atom. The zero-order chi connectivity index (χ0) is 12.6. The maximum absolute atomic E-state index is 6.42. The summed E-state index contributed by atoms with van der Waals surface area (Å²) in [5, 5.41) is 7.95. The maximum atomic E-state index is 6.42. The maximum Gasteiger partial charge on any atom is 0.145 e. The third-order valence-electron chi connectivity index (χ3n) is 2.84. The van der Waals surface area contributed by atoms with E-state index in [1.54, 1.807) is 17.5 Å². The summed E-state index contributed by atoms with van der Waals surface area (Å²) in [6.07, 6.45) is 1.76. The van der Waals surface area contributed by atoms with Gasteiger partial charge in [0.25, 0.3) is 0 Å². The van der Waals surface area contributed by atoms with E-state index in [1.165, 1.54) is 0 Å². The molecule has 0 amide bonds. The minimum absolute atomic E-state index is 0.216. The molecule has 2 aromatic rings. The second kappa shape index (κ2) is 4.76. The van der Waals surface area contributed by atoms with Gasteiger partial charge in [-0.1, -0.05) is 11.6 Å². The summed E-state index contributed by atoms with van der Waals surface area (Å²) < 4.78 is 1.84. The number of rotatable bonds is 3. The first-order chi connectivity index (χ1) is 8.02. The van der Waals surface area contributed by atoms with E-state index < -0.39 is 0 Å². The van der Waals surface area contributed by atoms with Gasteiger partial charge < -0.3 is 4.90 Å². The predicted molar refractivity (Wildman–Crippen MR) is 71.4 cm³/mol. The van der Waals surface area contributed by atoms with E-state index in [-0.39, 0.29) is 6.04 Å². The van der Waals surface area contributed by atoms with Crippen LogP contribution in [0.1, 0.15) is 18.7 Å². The lowest BCUT2D eigenvalue weighted by Crippen LogP contribution is -2.19. The lowest BCUT2D eigenvalue weighted by atomic mass is 10.2. The molecule has 0 aromatic carbocycles. The highest BCUT2D eigenvalue weighted by molar-refractivity contribution is 7.13. The Labute approximate surface area is 110 Å². The molecule has 2 heterocycles. The molecule has 1 unspecified atom stereocenters. The summed E-state index contributed by atoms with van der Waals surface area (Å²) in [6.45, 7) is 2.11. The van der Waals surface area contributed by atoms with E-state index in [1.807, 2.05) is 31.2 Å². The van der Waals surface area contributed by atoms with Gasteiger partial charge in [0.15, 0.2) is 0 Å². The SMILES string of the molecule is CC(c1c(Cl)c(-c2nccs2)nn1C)N(C)C. The highest BCUT2D eigenvalue weighted by Crippen LogP contribution is 2.34. The molecular formula is C11H15ClN4S. The third kappa shape index (κ3) is 2.22. The molecule has 2 rings (SSSR count). The molecule has 2 aromatic heterocycles. The van der Waals surface area contributed by atoms with Crippen molar-refractivity contribution >= 4 is 22.9 Å². The lowest BCUT2D eigenvalue weighted by molar-refractivity contribution is 0.307. The number of aromatic nitrogens is 3. The van der Waals surface area contributed by atoms with Crippen LogP contribution in [0.15, 0.2) is 11.6 Å². The quantitative estimate of drug-likeness (QED) is 0.860. The zero-order valence-electron chi connectivity index (χ0n) is 10.3. The normalized spacial score (nSPS) is 13.3. The molecule has 0 aliphatic heterocycles. The minimum Gasteiger partial charge on any atom is -0.301 e. The van der Waals surface area contributed by atoms with Crippen LogP contribution in [0.5, 0.6) is 0 Å². The molecule has 0 saturated carbocycles. The second-order valence-electron chi connectivity index (χ2n) is 4.15. The van der Waals surface area contributed by atoms with E-state index in [2.05, 4.69) is 21.9 Å². The molecule has 0 saturated heterocycles. The number of halogens is 1. The van der Waals surface area contributed by atoms with Crippen molar-refractivity contribution in [3.05, 3.63) is 22.3 Å². The highest BCUT2D eigenvalue weighted by Gasteiger charge is 2.22. The summed E-state index contributed by atoms with van der Waals surface area (Å²) in [6, 6.07) is 0.216. The van der Waals surface area contributed by atoms with Crippen molar-refractivity contribution in [3.63, 3.8) is 0 Å². The molecule has 92 valence electrons. The minimum atomic E-state index is 0.216. The summed E-state index contributed by atoms with van der Waals surface area (Å²) >= 11 is 7.96. The molecular weight excluding hydrogens is 256 g/mol. The summed E-state index contributed by atoms with van der Waals surface area (Å²) in [7, 11) is 5.96. The van der Waals surface area contributed by atoms with Gasteiger partial charge in [0.05, 0.1) is 10.7 Å². The average molecular weight is 271 g/mol. The standard InChI is InChI=1S/C11H15ClN4S/c1-7(15(2)3)10-8(12)9(14-16(10)4)11-13-5-6-17-11/h5-7H,1-4H3. The van der Waals surface area contributed by atoms with Crippen molar-refractivity contribution in [2.24, 2.45) is 7.05 Å². The molecule has 0 N–H and O–H groups in total. The van der Waals surface area contributed by atoms with Crippen LogP contribution in [0.3, 0.4) is 0 Å². The van der Waals surface area contributed by atoms with Crippen molar-refractivity contribution in [1.82, 2.24) is 19.7 Å². The van der Waals surface area contributed by atoms with E-state index in [0.717, 1.165) is 16.4 Å². The van der Waals surface area contributed by atoms with Gasteiger partial charge in [-0.2, -0.15) is 5.10 Å². The third-order valence-corrected chi connectivity index (χ3v) is 3.99. The zero-order valence-corrected chi connectivity index (χ0v) is 11.9. The molecule has 0 bridgehead atoms. The van der Waals surface area contributed by atoms with Gasteiger partial charge in [0.2, 0.25) is 0 Å². The Hall–Kier alpha value is -0.910. The van der Waals surface area contributed by atoms with Crippen LogP contribution < -0.4 is 0 Å². The fourth-order valence-corrected chi connectivity index (χ4v) is 2.78. The van der Waals surface area contributed by atoms with Crippen molar-refractivity contribution in [2.75, 3.05) is 14.1 Å². The summed E-state index contributed by atoms with van der Waals surface area (Å²) in [5.74, 6) is 0. The lowest BCUT2D eigenvalue weighted by Gasteiger charge is -2.20. The van der Waals surface area contributed by atoms with Gasteiger partial charge >= 0.3 is 0 Å². The fourth-order valence-electron chi connectivity index (χ4n) is 1.69. The Balaban J connectivity index is 2.50. The molecule has 0 spiro atoms. The molecule has 1 atom stereocenters. The smallest absolute Gasteiger partial charge is 0.145 e. The predicted octanol–water partition coefficient (Wildman–Crippen LogP) is 2.82. The van der Waals surface area contributed by atoms with E-state index >= 15 is 0 Å². The molecule has 0 aliphatic carbocycles. The van der Waals surface area contributed by atoms with Gasteiger partial charge in [-0.05, 0) is 21.0 Å². The number of hydrogen-bond acceptors (Lipinski definition) is 4. The second-order valence-corrected chi connectivity index (χ2v) is 5.42. The first kappa shape index (κ1) is 12.5. The molecule has 0 fully saturated rings. The van der Waals surface area contributed by atoms with Gasteiger partial charge in [-0.15, -0.1) is 11.3 Å². The molecule has 0 radical (unpaired) electrons. The molecule has 17 heavy (non-hydrogen) atoms. The van der Waals surface area contributed by atoms with Crippen LogP contribution in [-0.4, -0.2) is 33.8 Å². The van der Waals surface area contributed by atoms with Crippen LogP contribution in [0, 0.1) is 0 Å². The number of aryl methyl sites for hydroxylation is 1. The van der Waals surface area contributed by atoms with Crippen LogP contribution in [0.2, 0.25) is 5.02 Å². The van der Waals surface area contributed by atoms with E-state index in [0.29, 0.717) is 5.02 Å². The Morgan fingerprint density at radius 3 is 2.71 bits per heavy atom. The number of hydrogen-bond donors (Lipinski definition) is 0. The molecule has 6 heteroatoms. The summed E-state index contributed by atoms with van der Waals surface area (Å²) in [5.41, 5.74) is 1.79. The fraction of sp³-hybridized carbons (Fsp3) is 0.455. The first-order valence-corrected chi connectivity index (χ1v) is 6.56. The topological polar surface area (TPSA) is 34.0 Å². The van der Waals surface area contributed by atoms with Crippen molar-refractivity contribution in [2.45, 2.75) is 13.0 Å². The molecule has 0 aliphatic rings. The van der Waals surface area contributed by atoms with Crippen LogP contribution >= 0.6 is 22.9 Å². The number of thiazole rings is 1. The Kier molecular flexibility index (Phi) is 3.51. The van der Waals surface area contributed by atoms with E-state index in [9.17, 15) is 0 Å². The highest BCUT2D eigenvalue weighted by atomic mass is 35.5. The largest absolute Gasteiger partial charge is 0.301 e. The van der Waals surface area contributed by atoms with Crippen molar-refractivity contribution in [3.8, 4) is 10.7 Å². The van der Waals surface area contributed by atoms with Crippen molar-refractivity contribution in [1.29, 1.82) is 0 Å². The van der Waals surface area contributed by atoms with Crippen LogP contribution in [0.4, 0.5) is 0 Å². The molecule has 4 nitrogen and oxygen atoms in total. The Bertz CT molecular complexity index is 504. The van der Waals surface area contributed by atoms with Gasteiger partial charge in [-0.3, -0.25) is 4.68 Å². The van der Waals surface area contributed by atoms with Gasteiger partial charge in [0.1, 0.15) is 10.7 Å².